The summed E-state index contributed by atoms with van der Waals surface area (Å²) in [5.74, 6) is 0.963. The summed E-state index contributed by atoms with van der Waals surface area (Å²) in [6.45, 7) is 2.12. The Morgan fingerprint density at radius 2 is 1.80 bits per heavy atom. The number of sulfonamides is 1. The quantitative estimate of drug-likeness (QED) is 0.833. The van der Waals surface area contributed by atoms with Crippen LogP contribution in [0.1, 0.15) is 18.4 Å². The molecule has 1 saturated heterocycles. The Bertz CT molecular complexity index is 793. The number of hydrogen-bond acceptors (Lipinski definition) is 5. The fraction of sp³-hybridized carbons (Fsp3) is 0.412. The Kier molecular flexibility index (Phi) is 5.88. The van der Waals surface area contributed by atoms with Crippen molar-refractivity contribution in [2.24, 2.45) is 5.92 Å². The third-order valence-corrected chi connectivity index (χ3v) is 6.01. The van der Waals surface area contributed by atoms with Crippen LogP contribution in [0, 0.1) is 5.92 Å². The first-order valence-corrected chi connectivity index (χ1v) is 10.3. The second-order valence-electron chi connectivity index (χ2n) is 6.18. The van der Waals surface area contributed by atoms with Crippen molar-refractivity contribution in [3.05, 3.63) is 53.3 Å². The van der Waals surface area contributed by atoms with Gasteiger partial charge in [0.05, 0.1) is 5.75 Å². The van der Waals surface area contributed by atoms with Crippen LogP contribution in [-0.2, 0) is 15.8 Å². The minimum atomic E-state index is -3.39. The van der Waals surface area contributed by atoms with E-state index in [-0.39, 0.29) is 5.75 Å². The summed E-state index contributed by atoms with van der Waals surface area (Å²) in [5.41, 5.74) is 0.618. The van der Waals surface area contributed by atoms with Gasteiger partial charge in [0.15, 0.2) is 0 Å². The summed E-state index contributed by atoms with van der Waals surface area (Å²) in [6.07, 6.45) is 5.29. The van der Waals surface area contributed by atoms with Crippen molar-refractivity contribution in [3.8, 4) is 0 Å². The number of benzene rings is 1. The molecule has 1 aromatic heterocycles. The number of aromatic nitrogens is 2. The van der Waals surface area contributed by atoms with E-state index in [1.54, 1.807) is 42.7 Å². The van der Waals surface area contributed by atoms with Gasteiger partial charge in [0, 0.05) is 37.1 Å². The minimum absolute atomic E-state index is 0.0939. The highest BCUT2D eigenvalue weighted by Gasteiger charge is 2.22. The fourth-order valence-corrected chi connectivity index (χ4v) is 4.44. The van der Waals surface area contributed by atoms with E-state index in [0.717, 1.165) is 31.9 Å². The lowest BCUT2D eigenvalue weighted by Crippen LogP contribution is -2.39. The summed E-state index contributed by atoms with van der Waals surface area (Å²) >= 11 is 6.04. The maximum absolute atomic E-state index is 12.3. The van der Waals surface area contributed by atoms with Gasteiger partial charge in [-0.25, -0.2) is 23.1 Å². The van der Waals surface area contributed by atoms with Gasteiger partial charge in [0.2, 0.25) is 16.0 Å². The molecule has 0 bridgehead atoms. The van der Waals surface area contributed by atoms with Crippen LogP contribution in [0.15, 0.2) is 42.7 Å². The van der Waals surface area contributed by atoms with Gasteiger partial charge in [-0.2, -0.15) is 0 Å². The molecule has 6 nitrogen and oxygen atoms in total. The van der Waals surface area contributed by atoms with E-state index in [0.29, 0.717) is 23.0 Å². The van der Waals surface area contributed by atoms with Gasteiger partial charge in [-0.1, -0.05) is 29.8 Å². The van der Waals surface area contributed by atoms with Crippen LogP contribution in [0.4, 0.5) is 5.95 Å². The maximum atomic E-state index is 12.3. The van der Waals surface area contributed by atoms with Crippen molar-refractivity contribution in [1.82, 2.24) is 14.7 Å². The minimum Gasteiger partial charge on any atom is -0.341 e. The van der Waals surface area contributed by atoms with Gasteiger partial charge in [0.1, 0.15) is 0 Å². The third-order valence-electron chi connectivity index (χ3n) is 4.34. The molecule has 1 aromatic carbocycles. The number of nitrogens with one attached hydrogen (secondary N) is 1. The summed E-state index contributed by atoms with van der Waals surface area (Å²) in [7, 11) is -3.39. The number of piperidine rings is 1. The molecule has 1 aliphatic rings. The highest BCUT2D eigenvalue weighted by Crippen LogP contribution is 2.21. The maximum Gasteiger partial charge on any atom is 0.225 e. The molecule has 25 heavy (non-hydrogen) atoms. The number of nitrogens with zero attached hydrogens (tertiary/aromatic N) is 3. The molecule has 0 radical (unpaired) electrons. The topological polar surface area (TPSA) is 75.2 Å². The standard InChI is InChI=1S/C17H21ClN4O2S/c18-16-5-2-1-4-15(16)13-25(23,24)21-12-14-6-10-22(11-7-14)17-19-8-3-9-20-17/h1-5,8-9,14,21H,6-7,10-13H2. The second-order valence-corrected chi connectivity index (χ2v) is 8.39. The molecule has 2 aromatic rings. The van der Waals surface area contributed by atoms with Crippen LogP contribution in [0.5, 0.6) is 0 Å². The molecule has 1 fully saturated rings. The Morgan fingerprint density at radius 3 is 2.48 bits per heavy atom. The molecule has 0 atom stereocenters. The molecule has 0 saturated carbocycles. The van der Waals surface area contributed by atoms with E-state index < -0.39 is 10.0 Å². The zero-order valence-electron chi connectivity index (χ0n) is 13.8. The molecule has 134 valence electrons. The zero-order chi connectivity index (χ0) is 17.7. The van der Waals surface area contributed by atoms with Crippen LogP contribution in [0.2, 0.25) is 5.02 Å². The monoisotopic (exact) mass is 380 g/mol. The zero-order valence-corrected chi connectivity index (χ0v) is 15.4. The highest BCUT2D eigenvalue weighted by molar-refractivity contribution is 7.88. The van der Waals surface area contributed by atoms with E-state index in [1.807, 2.05) is 0 Å². The first kappa shape index (κ1) is 18.1. The van der Waals surface area contributed by atoms with Crippen LogP contribution >= 0.6 is 11.6 Å². The first-order valence-electron chi connectivity index (χ1n) is 8.26. The van der Waals surface area contributed by atoms with Crippen molar-refractivity contribution in [2.45, 2.75) is 18.6 Å². The fourth-order valence-electron chi connectivity index (χ4n) is 2.91. The van der Waals surface area contributed by atoms with Gasteiger partial charge in [-0.3, -0.25) is 0 Å². The molecule has 2 heterocycles. The summed E-state index contributed by atoms with van der Waals surface area (Å²) in [4.78, 5) is 10.7. The van der Waals surface area contributed by atoms with Crippen molar-refractivity contribution in [1.29, 1.82) is 0 Å². The molecule has 0 spiro atoms. The molecule has 8 heteroatoms. The average Bonchev–Trinajstić information content (AvgIpc) is 2.63. The normalized spacial score (nSPS) is 16.1. The molecule has 1 aliphatic heterocycles. The van der Waals surface area contributed by atoms with Crippen LogP contribution in [0.25, 0.3) is 0 Å². The predicted octanol–water partition coefficient (Wildman–Crippen LogP) is 2.47. The summed E-state index contributed by atoms with van der Waals surface area (Å²) in [5, 5.41) is 0.476. The smallest absolute Gasteiger partial charge is 0.225 e. The second kappa shape index (κ2) is 8.12. The van der Waals surface area contributed by atoms with E-state index in [1.165, 1.54) is 0 Å². The van der Waals surface area contributed by atoms with Crippen molar-refractivity contribution < 1.29 is 8.42 Å². The van der Waals surface area contributed by atoms with Crippen molar-refractivity contribution in [3.63, 3.8) is 0 Å². The van der Waals surface area contributed by atoms with E-state index >= 15 is 0 Å². The number of anilines is 1. The van der Waals surface area contributed by atoms with E-state index in [4.69, 9.17) is 11.6 Å². The van der Waals surface area contributed by atoms with Crippen molar-refractivity contribution in [2.75, 3.05) is 24.5 Å². The lowest BCUT2D eigenvalue weighted by atomic mass is 9.97. The summed E-state index contributed by atoms with van der Waals surface area (Å²) < 4.78 is 27.3. The molecule has 3 rings (SSSR count). The van der Waals surface area contributed by atoms with E-state index in [2.05, 4.69) is 19.6 Å². The lowest BCUT2D eigenvalue weighted by Gasteiger charge is -2.31. The largest absolute Gasteiger partial charge is 0.341 e. The van der Waals surface area contributed by atoms with Crippen LogP contribution in [0.3, 0.4) is 0 Å². The van der Waals surface area contributed by atoms with Crippen LogP contribution < -0.4 is 9.62 Å². The Balaban J connectivity index is 1.48. The van der Waals surface area contributed by atoms with E-state index in [9.17, 15) is 8.42 Å². The molecule has 0 amide bonds. The van der Waals surface area contributed by atoms with Gasteiger partial charge < -0.3 is 4.90 Å². The molecule has 0 unspecified atom stereocenters. The molecular formula is C17H21ClN4O2S. The van der Waals surface area contributed by atoms with Gasteiger partial charge >= 0.3 is 0 Å². The number of rotatable bonds is 6. The Labute approximate surface area is 153 Å². The van der Waals surface area contributed by atoms with Gasteiger partial charge in [-0.05, 0) is 36.5 Å². The SMILES string of the molecule is O=S(=O)(Cc1ccccc1Cl)NCC1CCN(c2ncccn2)CC1. The Morgan fingerprint density at radius 1 is 1.12 bits per heavy atom. The third kappa shape index (κ3) is 5.14. The average molecular weight is 381 g/mol. The van der Waals surface area contributed by atoms with Crippen molar-refractivity contribution >= 4 is 27.6 Å². The van der Waals surface area contributed by atoms with Gasteiger partial charge in [-0.15, -0.1) is 0 Å². The highest BCUT2D eigenvalue weighted by atomic mass is 35.5. The Hall–Kier alpha value is -1.70. The summed E-state index contributed by atoms with van der Waals surface area (Å²) in [6, 6.07) is 8.81. The number of halogens is 1. The molecule has 1 N–H and O–H groups in total. The lowest BCUT2D eigenvalue weighted by molar-refractivity contribution is 0.399. The predicted molar refractivity (Wildman–Crippen MR) is 99.0 cm³/mol. The molecule has 0 aliphatic carbocycles. The molecular weight excluding hydrogens is 360 g/mol. The first-order chi connectivity index (χ1) is 12.0. The van der Waals surface area contributed by atoms with Crippen LogP contribution in [-0.4, -0.2) is 38.0 Å². The van der Waals surface area contributed by atoms with Gasteiger partial charge in [0.25, 0.3) is 0 Å². The number of hydrogen-bond donors (Lipinski definition) is 1.